The van der Waals surface area contributed by atoms with Gasteiger partial charge >= 0.3 is 6.18 Å². The van der Waals surface area contributed by atoms with E-state index in [2.05, 4.69) is 15.5 Å². The van der Waals surface area contributed by atoms with Crippen molar-refractivity contribution >= 4 is 17.6 Å². The number of piperazine rings is 1. The Morgan fingerprint density at radius 2 is 1.65 bits per heavy atom. The normalized spacial score (nSPS) is 14.0. The number of nitrogens with zero attached hydrogens (tertiary/aromatic N) is 4. The van der Waals surface area contributed by atoms with Crippen molar-refractivity contribution in [3.8, 4) is 0 Å². The first kappa shape index (κ1) is 26.0. The molecule has 0 unspecified atom stereocenters. The Bertz CT molecular complexity index is 1280. The number of amides is 2. The van der Waals surface area contributed by atoms with Crippen molar-refractivity contribution in [2.24, 2.45) is 0 Å². The number of benzene rings is 2. The van der Waals surface area contributed by atoms with Gasteiger partial charge in [-0.3, -0.25) is 9.59 Å². The molecule has 3 aromatic rings. The fourth-order valence-electron chi connectivity index (χ4n) is 3.97. The number of anilines is 1. The SMILES string of the molecule is O=C(NCCc1ccc(F)cc1F)c1ccc(N2CCN(C(=O)c3ccccc3C(F)(F)F)CC2)nn1. The lowest BCUT2D eigenvalue weighted by Crippen LogP contribution is -2.49. The minimum atomic E-state index is -4.63. The zero-order valence-electron chi connectivity index (χ0n) is 19.4. The van der Waals surface area contributed by atoms with Gasteiger partial charge < -0.3 is 15.1 Å². The minimum Gasteiger partial charge on any atom is -0.352 e. The van der Waals surface area contributed by atoms with E-state index in [0.29, 0.717) is 18.9 Å². The lowest BCUT2D eigenvalue weighted by Gasteiger charge is -2.35. The molecule has 0 spiro atoms. The van der Waals surface area contributed by atoms with Crippen molar-refractivity contribution in [2.45, 2.75) is 12.6 Å². The number of hydrogen-bond acceptors (Lipinski definition) is 5. The molecule has 194 valence electrons. The zero-order chi connectivity index (χ0) is 26.6. The molecule has 2 heterocycles. The Morgan fingerprint density at radius 1 is 0.919 bits per heavy atom. The van der Waals surface area contributed by atoms with Gasteiger partial charge in [-0.05, 0) is 42.3 Å². The van der Waals surface area contributed by atoms with Crippen LogP contribution < -0.4 is 10.2 Å². The van der Waals surface area contributed by atoms with Crippen LogP contribution in [0.5, 0.6) is 0 Å². The molecule has 1 aliphatic heterocycles. The summed E-state index contributed by atoms with van der Waals surface area (Å²) in [5, 5.41) is 10.6. The van der Waals surface area contributed by atoms with Crippen LogP contribution in [0, 0.1) is 11.6 Å². The highest BCUT2D eigenvalue weighted by Gasteiger charge is 2.36. The van der Waals surface area contributed by atoms with Crippen molar-refractivity contribution in [3.63, 3.8) is 0 Å². The lowest BCUT2D eigenvalue weighted by atomic mass is 10.1. The van der Waals surface area contributed by atoms with Gasteiger partial charge in [0.1, 0.15) is 11.6 Å². The van der Waals surface area contributed by atoms with Crippen molar-refractivity contribution < 1.29 is 31.5 Å². The average Bonchev–Trinajstić information content (AvgIpc) is 2.89. The number of carbonyl (C=O) groups is 2. The molecule has 1 aromatic heterocycles. The Labute approximate surface area is 208 Å². The highest BCUT2D eigenvalue weighted by atomic mass is 19.4. The van der Waals surface area contributed by atoms with Crippen LogP contribution in [0.3, 0.4) is 0 Å². The third-order valence-corrected chi connectivity index (χ3v) is 5.93. The van der Waals surface area contributed by atoms with Gasteiger partial charge in [-0.1, -0.05) is 18.2 Å². The molecule has 2 amide bonds. The summed E-state index contributed by atoms with van der Waals surface area (Å²) in [6, 6.07) is 11.0. The standard InChI is InChI=1S/C25H22F5N5O2/c26-17-6-5-16(20(27)15-17)9-10-31-23(36)21-7-8-22(33-32-21)34-11-13-35(14-12-34)24(37)18-3-1-2-4-19(18)25(28,29)30/h1-8,15H,9-14H2,(H,31,36). The fourth-order valence-corrected chi connectivity index (χ4v) is 3.97. The first-order valence-electron chi connectivity index (χ1n) is 11.4. The molecule has 0 atom stereocenters. The second kappa shape index (κ2) is 10.9. The van der Waals surface area contributed by atoms with Crippen LogP contribution in [0.1, 0.15) is 32.0 Å². The van der Waals surface area contributed by atoms with Gasteiger partial charge in [0.2, 0.25) is 0 Å². The minimum absolute atomic E-state index is 0.0425. The molecule has 7 nitrogen and oxygen atoms in total. The summed E-state index contributed by atoms with van der Waals surface area (Å²) in [6.07, 6.45) is -4.46. The Kier molecular flexibility index (Phi) is 7.65. The highest BCUT2D eigenvalue weighted by Crippen LogP contribution is 2.32. The van der Waals surface area contributed by atoms with E-state index >= 15 is 0 Å². The predicted octanol–water partition coefficient (Wildman–Crippen LogP) is 3.71. The maximum Gasteiger partial charge on any atom is 0.417 e. The van der Waals surface area contributed by atoms with E-state index in [9.17, 15) is 31.5 Å². The number of hydrogen-bond donors (Lipinski definition) is 1. The van der Waals surface area contributed by atoms with Crippen molar-refractivity contribution in [1.82, 2.24) is 20.4 Å². The molecule has 0 aliphatic carbocycles. The van der Waals surface area contributed by atoms with E-state index in [-0.39, 0.29) is 42.9 Å². The number of aromatic nitrogens is 2. The Morgan fingerprint density at radius 3 is 2.30 bits per heavy atom. The number of rotatable bonds is 6. The van der Waals surface area contributed by atoms with Crippen LogP contribution in [-0.2, 0) is 12.6 Å². The summed E-state index contributed by atoms with van der Waals surface area (Å²) < 4.78 is 66.5. The first-order chi connectivity index (χ1) is 17.6. The number of alkyl halides is 3. The van der Waals surface area contributed by atoms with Crippen molar-refractivity contribution in [3.05, 3.63) is 88.6 Å². The molecule has 1 fully saturated rings. The molecular formula is C25H22F5N5O2. The van der Waals surface area contributed by atoms with E-state index in [0.717, 1.165) is 18.2 Å². The largest absolute Gasteiger partial charge is 0.417 e. The maximum absolute atomic E-state index is 13.7. The van der Waals surface area contributed by atoms with E-state index in [1.165, 1.54) is 35.2 Å². The first-order valence-corrected chi connectivity index (χ1v) is 11.4. The third-order valence-electron chi connectivity index (χ3n) is 5.93. The lowest BCUT2D eigenvalue weighted by molar-refractivity contribution is -0.138. The smallest absolute Gasteiger partial charge is 0.352 e. The molecule has 1 saturated heterocycles. The van der Waals surface area contributed by atoms with Gasteiger partial charge in [0, 0.05) is 38.8 Å². The van der Waals surface area contributed by atoms with E-state index in [4.69, 9.17) is 0 Å². The summed E-state index contributed by atoms with van der Waals surface area (Å²) in [4.78, 5) is 28.2. The topological polar surface area (TPSA) is 78.4 Å². The van der Waals surface area contributed by atoms with Crippen molar-refractivity contribution in [2.75, 3.05) is 37.6 Å². The van der Waals surface area contributed by atoms with Gasteiger partial charge in [0.05, 0.1) is 11.1 Å². The summed E-state index contributed by atoms with van der Waals surface area (Å²) in [5.41, 5.74) is -1.05. The number of carbonyl (C=O) groups excluding carboxylic acids is 2. The van der Waals surface area contributed by atoms with Gasteiger partial charge in [-0.15, -0.1) is 10.2 Å². The molecule has 4 rings (SSSR count). The monoisotopic (exact) mass is 519 g/mol. The quantitative estimate of drug-likeness (QED) is 0.503. The zero-order valence-corrected chi connectivity index (χ0v) is 19.4. The second-order valence-corrected chi connectivity index (χ2v) is 8.34. The number of nitrogens with one attached hydrogen (secondary N) is 1. The molecule has 1 aliphatic rings. The molecular weight excluding hydrogens is 497 g/mol. The molecule has 37 heavy (non-hydrogen) atoms. The van der Waals surface area contributed by atoms with Gasteiger partial charge in [0.25, 0.3) is 11.8 Å². The van der Waals surface area contributed by atoms with Crippen LogP contribution in [0.25, 0.3) is 0 Å². The van der Waals surface area contributed by atoms with Crippen LogP contribution >= 0.6 is 0 Å². The molecule has 0 bridgehead atoms. The predicted molar refractivity (Wildman–Crippen MR) is 124 cm³/mol. The van der Waals surface area contributed by atoms with Crippen molar-refractivity contribution in [1.29, 1.82) is 0 Å². The molecule has 0 radical (unpaired) electrons. The highest BCUT2D eigenvalue weighted by molar-refractivity contribution is 5.96. The van der Waals surface area contributed by atoms with Crippen LogP contribution in [0.2, 0.25) is 0 Å². The van der Waals surface area contributed by atoms with E-state index in [1.807, 2.05) is 4.90 Å². The third kappa shape index (κ3) is 6.19. The molecule has 2 aromatic carbocycles. The second-order valence-electron chi connectivity index (χ2n) is 8.34. The summed E-state index contributed by atoms with van der Waals surface area (Å²) >= 11 is 0. The summed E-state index contributed by atoms with van der Waals surface area (Å²) in [6.45, 7) is 1.13. The molecule has 12 heteroatoms. The summed E-state index contributed by atoms with van der Waals surface area (Å²) in [7, 11) is 0. The molecule has 1 N–H and O–H groups in total. The maximum atomic E-state index is 13.7. The number of halogens is 5. The average molecular weight is 519 g/mol. The van der Waals surface area contributed by atoms with Gasteiger partial charge in [-0.2, -0.15) is 13.2 Å². The Balaban J connectivity index is 1.30. The van der Waals surface area contributed by atoms with Crippen LogP contribution in [0.15, 0.2) is 54.6 Å². The van der Waals surface area contributed by atoms with Gasteiger partial charge in [-0.25, -0.2) is 8.78 Å². The van der Waals surface area contributed by atoms with Gasteiger partial charge in [0.15, 0.2) is 11.5 Å². The van der Waals surface area contributed by atoms with Crippen LogP contribution in [-0.4, -0.2) is 59.6 Å². The van der Waals surface area contributed by atoms with E-state index in [1.54, 1.807) is 6.07 Å². The van der Waals surface area contributed by atoms with Crippen LogP contribution in [0.4, 0.5) is 27.8 Å². The Hall–Kier alpha value is -4.09. The molecule has 0 saturated carbocycles. The summed E-state index contributed by atoms with van der Waals surface area (Å²) in [5.74, 6) is -2.12. The van der Waals surface area contributed by atoms with E-state index < -0.39 is 35.2 Å². The fraction of sp³-hybridized carbons (Fsp3) is 0.280.